The Bertz CT molecular complexity index is 649. The molecule has 0 radical (unpaired) electrons. The number of hydrogen-bond acceptors (Lipinski definition) is 6. The fourth-order valence-corrected chi connectivity index (χ4v) is 3.04. The van der Waals surface area contributed by atoms with Crippen LogP contribution in [-0.4, -0.2) is 27.9 Å². The molecule has 0 fully saturated rings. The molecule has 0 saturated carbocycles. The standard InChI is InChI=1S/C17H23N3O3S/c1-11(2)22-17-6-5-14(8-19-17)7-18-16(21)10-24-9-15-12(3)20-23-13(15)4/h5-6,8,11H,7,9-10H2,1-4H3,(H,18,21). The summed E-state index contributed by atoms with van der Waals surface area (Å²) >= 11 is 1.54. The van der Waals surface area contributed by atoms with E-state index < -0.39 is 0 Å². The molecule has 0 aliphatic heterocycles. The first kappa shape index (κ1) is 18.3. The van der Waals surface area contributed by atoms with Gasteiger partial charge >= 0.3 is 0 Å². The van der Waals surface area contributed by atoms with Gasteiger partial charge < -0.3 is 14.6 Å². The van der Waals surface area contributed by atoms with E-state index in [1.807, 2.05) is 39.8 Å². The zero-order valence-corrected chi connectivity index (χ0v) is 15.3. The minimum absolute atomic E-state index is 0.00531. The van der Waals surface area contributed by atoms with E-state index in [4.69, 9.17) is 9.26 Å². The Hall–Kier alpha value is -2.02. The van der Waals surface area contributed by atoms with Gasteiger partial charge in [0.05, 0.1) is 17.6 Å². The third kappa shape index (κ3) is 5.56. The predicted octanol–water partition coefficient (Wildman–Crippen LogP) is 3.02. The van der Waals surface area contributed by atoms with Gasteiger partial charge in [0.1, 0.15) is 5.76 Å². The van der Waals surface area contributed by atoms with Crippen LogP contribution in [0.1, 0.15) is 36.4 Å². The largest absolute Gasteiger partial charge is 0.475 e. The lowest BCUT2D eigenvalue weighted by Crippen LogP contribution is -2.24. The fourth-order valence-electron chi connectivity index (χ4n) is 2.03. The van der Waals surface area contributed by atoms with Crippen molar-refractivity contribution in [2.45, 2.75) is 46.1 Å². The molecule has 2 aromatic rings. The van der Waals surface area contributed by atoms with Gasteiger partial charge in [-0.05, 0) is 33.3 Å². The van der Waals surface area contributed by atoms with Gasteiger partial charge in [0.15, 0.2) is 0 Å². The van der Waals surface area contributed by atoms with Crippen molar-refractivity contribution in [2.24, 2.45) is 0 Å². The van der Waals surface area contributed by atoms with E-state index in [2.05, 4.69) is 15.5 Å². The maximum Gasteiger partial charge on any atom is 0.230 e. The fraction of sp³-hybridized carbons (Fsp3) is 0.471. The van der Waals surface area contributed by atoms with Gasteiger partial charge in [-0.25, -0.2) is 4.98 Å². The van der Waals surface area contributed by atoms with Gasteiger partial charge in [-0.3, -0.25) is 4.79 Å². The quantitative estimate of drug-likeness (QED) is 0.789. The molecule has 7 heteroatoms. The molecule has 1 amide bonds. The molecule has 0 aliphatic rings. The van der Waals surface area contributed by atoms with E-state index in [0.717, 1.165) is 28.3 Å². The Morgan fingerprint density at radius 1 is 1.38 bits per heavy atom. The van der Waals surface area contributed by atoms with E-state index in [-0.39, 0.29) is 12.0 Å². The van der Waals surface area contributed by atoms with E-state index >= 15 is 0 Å². The summed E-state index contributed by atoms with van der Waals surface area (Å²) < 4.78 is 10.6. The van der Waals surface area contributed by atoms with E-state index in [1.165, 1.54) is 0 Å². The molecule has 0 saturated heterocycles. The van der Waals surface area contributed by atoms with Gasteiger partial charge in [-0.15, -0.1) is 11.8 Å². The number of pyridine rings is 1. The molecule has 2 rings (SSSR count). The Kier molecular flexibility index (Phi) is 6.66. The van der Waals surface area contributed by atoms with Gasteiger partial charge in [-0.2, -0.15) is 0 Å². The first-order valence-electron chi connectivity index (χ1n) is 7.83. The minimum atomic E-state index is -0.00531. The van der Waals surface area contributed by atoms with E-state index in [9.17, 15) is 4.79 Å². The second-order valence-electron chi connectivity index (χ2n) is 5.74. The normalized spacial score (nSPS) is 10.9. The van der Waals surface area contributed by atoms with Crippen molar-refractivity contribution < 1.29 is 14.1 Å². The molecule has 2 heterocycles. The predicted molar refractivity (Wildman–Crippen MR) is 94.0 cm³/mol. The minimum Gasteiger partial charge on any atom is -0.475 e. The highest BCUT2D eigenvalue weighted by Gasteiger charge is 2.10. The van der Waals surface area contributed by atoms with Crippen molar-refractivity contribution in [3.05, 3.63) is 40.9 Å². The zero-order valence-electron chi connectivity index (χ0n) is 14.5. The average molecular weight is 349 g/mol. The highest BCUT2D eigenvalue weighted by molar-refractivity contribution is 7.99. The molecule has 24 heavy (non-hydrogen) atoms. The molecule has 2 aromatic heterocycles. The lowest BCUT2D eigenvalue weighted by molar-refractivity contribution is -0.118. The number of nitrogens with zero attached hydrogens (tertiary/aromatic N) is 2. The Balaban J connectivity index is 1.71. The molecule has 6 nitrogen and oxygen atoms in total. The average Bonchev–Trinajstić information content (AvgIpc) is 2.85. The van der Waals surface area contributed by atoms with Crippen molar-refractivity contribution in [1.82, 2.24) is 15.5 Å². The number of thioether (sulfide) groups is 1. The van der Waals surface area contributed by atoms with Crippen LogP contribution in [0.5, 0.6) is 5.88 Å². The maximum atomic E-state index is 11.9. The molecular formula is C17H23N3O3S. The van der Waals surface area contributed by atoms with Crippen molar-refractivity contribution >= 4 is 17.7 Å². The van der Waals surface area contributed by atoms with Crippen LogP contribution in [0.2, 0.25) is 0 Å². The van der Waals surface area contributed by atoms with Crippen molar-refractivity contribution in [3.63, 3.8) is 0 Å². The van der Waals surface area contributed by atoms with Crippen molar-refractivity contribution in [2.75, 3.05) is 5.75 Å². The van der Waals surface area contributed by atoms with Crippen molar-refractivity contribution in [1.29, 1.82) is 0 Å². The first-order valence-corrected chi connectivity index (χ1v) is 8.99. The summed E-state index contributed by atoms with van der Waals surface area (Å²) in [6, 6.07) is 3.72. The number of carbonyl (C=O) groups excluding carboxylic acids is 1. The molecule has 1 N–H and O–H groups in total. The number of nitrogens with one attached hydrogen (secondary N) is 1. The maximum absolute atomic E-state index is 11.9. The third-order valence-corrected chi connectivity index (χ3v) is 4.26. The molecule has 0 aromatic carbocycles. The second kappa shape index (κ2) is 8.73. The van der Waals surface area contributed by atoms with Crippen LogP contribution < -0.4 is 10.1 Å². The van der Waals surface area contributed by atoms with E-state index in [1.54, 1.807) is 18.0 Å². The number of rotatable bonds is 8. The van der Waals surface area contributed by atoms with Gasteiger partial charge in [0.2, 0.25) is 11.8 Å². The van der Waals surface area contributed by atoms with Crippen LogP contribution in [0.3, 0.4) is 0 Å². The van der Waals surface area contributed by atoms with Crippen LogP contribution in [0.25, 0.3) is 0 Å². The summed E-state index contributed by atoms with van der Waals surface area (Å²) in [5.74, 6) is 2.52. The monoisotopic (exact) mass is 349 g/mol. The Morgan fingerprint density at radius 2 is 2.17 bits per heavy atom. The number of hydrogen-bond donors (Lipinski definition) is 1. The number of amides is 1. The van der Waals surface area contributed by atoms with Crippen LogP contribution in [-0.2, 0) is 17.1 Å². The van der Waals surface area contributed by atoms with E-state index in [0.29, 0.717) is 18.2 Å². The molecule has 130 valence electrons. The number of aryl methyl sites for hydroxylation is 2. The summed E-state index contributed by atoms with van der Waals surface area (Å²) in [5, 5.41) is 6.80. The molecule has 0 unspecified atom stereocenters. The first-order chi connectivity index (χ1) is 11.5. The topological polar surface area (TPSA) is 77.2 Å². The summed E-state index contributed by atoms with van der Waals surface area (Å²) in [6.07, 6.45) is 1.81. The smallest absolute Gasteiger partial charge is 0.230 e. The summed E-state index contributed by atoms with van der Waals surface area (Å²) in [5.41, 5.74) is 2.89. The molecule has 0 spiro atoms. The van der Waals surface area contributed by atoms with Crippen LogP contribution in [0, 0.1) is 13.8 Å². The highest BCUT2D eigenvalue weighted by atomic mass is 32.2. The number of carbonyl (C=O) groups is 1. The van der Waals surface area contributed by atoms with Crippen LogP contribution in [0.15, 0.2) is 22.9 Å². The summed E-state index contributed by atoms with van der Waals surface area (Å²) in [7, 11) is 0. The molecular weight excluding hydrogens is 326 g/mol. The number of ether oxygens (including phenoxy) is 1. The van der Waals surface area contributed by atoms with Crippen LogP contribution in [0.4, 0.5) is 0 Å². The zero-order chi connectivity index (χ0) is 17.5. The Labute approximate surface area is 146 Å². The highest BCUT2D eigenvalue weighted by Crippen LogP contribution is 2.19. The molecule has 0 atom stereocenters. The third-order valence-electron chi connectivity index (χ3n) is 3.30. The summed E-state index contributed by atoms with van der Waals surface area (Å²) in [6.45, 7) is 8.16. The lowest BCUT2D eigenvalue weighted by atomic mass is 10.2. The SMILES string of the molecule is Cc1noc(C)c1CSCC(=O)NCc1ccc(OC(C)C)nc1. The van der Waals surface area contributed by atoms with Crippen molar-refractivity contribution in [3.8, 4) is 5.88 Å². The van der Waals surface area contributed by atoms with Crippen LogP contribution >= 0.6 is 11.8 Å². The molecule has 0 bridgehead atoms. The van der Waals surface area contributed by atoms with Gasteiger partial charge in [0, 0.05) is 30.1 Å². The molecule has 0 aliphatic carbocycles. The summed E-state index contributed by atoms with van der Waals surface area (Å²) in [4.78, 5) is 16.1. The van der Waals surface area contributed by atoms with Gasteiger partial charge in [0.25, 0.3) is 0 Å². The lowest BCUT2D eigenvalue weighted by Gasteiger charge is -2.09. The van der Waals surface area contributed by atoms with Gasteiger partial charge in [-0.1, -0.05) is 11.2 Å². The second-order valence-corrected chi connectivity index (χ2v) is 6.73. The number of aromatic nitrogens is 2. The Morgan fingerprint density at radius 3 is 2.75 bits per heavy atom.